The van der Waals surface area contributed by atoms with Crippen LogP contribution in [0.4, 0.5) is 5.82 Å². The molecule has 6 heteroatoms. The molecule has 0 aliphatic rings. The Morgan fingerprint density at radius 3 is 2.58 bits per heavy atom. The molecular formula is C20H17N3O3. The van der Waals surface area contributed by atoms with E-state index in [1.807, 2.05) is 25.1 Å². The first-order valence-electron chi connectivity index (χ1n) is 8.26. The highest BCUT2D eigenvalue weighted by atomic mass is 16.3. The molecule has 4 rings (SSSR count). The third-order valence-electron chi connectivity index (χ3n) is 4.34. The number of H-pyrrole nitrogens is 1. The van der Waals surface area contributed by atoms with E-state index in [4.69, 9.17) is 4.42 Å². The van der Waals surface area contributed by atoms with Crippen molar-refractivity contribution in [3.63, 3.8) is 0 Å². The Bertz CT molecular complexity index is 1140. The van der Waals surface area contributed by atoms with Gasteiger partial charge in [0.1, 0.15) is 12.1 Å². The normalized spacial score (nSPS) is 12.2. The van der Waals surface area contributed by atoms with Crippen LogP contribution in [0, 0.1) is 0 Å². The van der Waals surface area contributed by atoms with Gasteiger partial charge in [0.15, 0.2) is 0 Å². The summed E-state index contributed by atoms with van der Waals surface area (Å²) in [7, 11) is 0. The second kappa shape index (κ2) is 6.40. The van der Waals surface area contributed by atoms with E-state index in [9.17, 15) is 9.59 Å². The van der Waals surface area contributed by atoms with E-state index >= 15 is 0 Å². The molecule has 0 amide bonds. The van der Waals surface area contributed by atoms with Crippen molar-refractivity contribution in [2.45, 2.75) is 13.0 Å². The van der Waals surface area contributed by atoms with E-state index in [1.165, 1.54) is 24.0 Å². The van der Waals surface area contributed by atoms with E-state index in [-0.39, 0.29) is 6.04 Å². The minimum absolute atomic E-state index is 0.0839. The summed E-state index contributed by atoms with van der Waals surface area (Å²) in [6.07, 6.45) is 2.76. The average molecular weight is 347 g/mol. The summed E-state index contributed by atoms with van der Waals surface area (Å²) in [6.45, 7) is 1.98. The zero-order valence-electron chi connectivity index (χ0n) is 14.1. The molecule has 0 bridgehead atoms. The zero-order chi connectivity index (χ0) is 18.1. The van der Waals surface area contributed by atoms with Gasteiger partial charge >= 0.3 is 5.69 Å². The molecule has 26 heavy (non-hydrogen) atoms. The molecule has 4 aromatic rings. The van der Waals surface area contributed by atoms with Crippen molar-refractivity contribution >= 4 is 16.6 Å². The quantitative estimate of drug-likeness (QED) is 0.593. The molecule has 6 nitrogen and oxygen atoms in total. The predicted octanol–water partition coefficient (Wildman–Crippen LogP) is 3.45. The van der Waals surface area contributed by atoms with Gasteiger partial charge in [0.05, 0.1) is 12.0 Å². The zero-order valence-corrected chi connectivity index (χ0v) is 14.1. The number of benzene rings is 2. The van der Waals surface area contributed by atoms with Crippen LogP contribution in [0.2, 0.25) is 0 Å². The second-order valence-corrected chi connectivity index (χ2v) is 6.12. The molecule has 0 saturated carbocycles. The summed E-state index contributed by atoms with van der Waals surface area (Å²) >= 11 is 0. The first kappa shape index (κ1) is 16.0. The molecule has 130 valence electrons. The molecule has 1 atom stereocenters. The molecule has 0 aliphatic heterocycles. The maximum absolute atomic E-state index is 12.3. The van der Waals surface area contributed by atoms with E-state index in [0.29, 0.717) is 11.5 Å². The topological polar surface area (TPSA) is 80.0 Å². The van der Waals surface area contributed by atoms with Gasteiger partial charge < -0.3 is 9.73 Å². The summed E-state index contributed by atoms with van der Waals surface area (Å²) in [6, 6.07) is 17.1. The van der Waals surface area contributed by atoms with Crippen molar-refractivity contribution in [3.8, 4) is 5.69 Å². The van der Waals surface area contributed by atoms with Crippen LogP contribution in [0.1, 0.15) is 18.5 Å². The van der Waals surface area contributed by atoms with Gasteiger partial charge in [-0.3, -0.25) is 9.78 Å². The van der Waals surface area contributed by atoms with Gasteiger partial charge in [-0.2, -0.15) is 0 Å². The molecule has 0 spiro atoms. The molecule has 2 N–H and O–H groups in total. The second-order valence-electron chi connectivity index (χ2n) is 6.12. The molecule has 2 heterocycles. The van der Waals surface area contributed by atoms with Gasteiger partial charge in [-0.1, -0.05) is 36.4 Å². The first-order valence-corrected chi connectivity index (χ1v) is 8.26. The Balaban J connectivity index is 1.64. The number of rotatable bonds is 4. The predicted molar refractivity (Wildman–Crippen MR) is 101 cm³/mol. The SMILES string of the molecule is C[C@H](Nc1cc(=O)n(-c2ccoc2)c(=O)[nH]1)c1ccc2ccccc2c1. The van der Waals surface area contributed by atoms with Crippen LogP contribution in [0.3, 0.4) is 0 Å². The molecule has 0 fully saturated rings. The third-order valence-corrected chi connectivity index (χ3v) is 4.34. The summed E-state index contributed by atoms with van der Waals surface area (Å²) < 4.78 is 5.96. The highest BCUT2D eigenvalue weighted by Gasteiger charge is 2.11. The minimum atomic E-state index is -0.521. The van der Waals surface area contributed by atoms with Crippen LogP contribution < -0.4 is 16.6 Å². The maximum Gasteiger partial charge on any atom is 0.334 e. The van der Waals surface area contributed by atoms with E-state index in [0.717, 1.165) is 15.5 Å². The molecular weight excluding hydrogens is 330 g/mol. The van der Waals surface area contributed by atoms with Gasteiger partial charge in [-0.15, -0.1) is 0 Å². The van der Waals surface area contributed by atoms with E-state index in [2.05, 4.69) is 34.6 Å². The van der Waals surface area contributed by atoms with Crippen molar-refractivity contribution in [3.05, 3.63) is 93.5 Å². The van der Waals surface area contributed by atoms with Crippen LogP contribution >= 0.6 is 0 Å². The maximum atomic E-state index is 12.3. The molecule has 0 radical (unpaired) electrons. The number of hydrogen-bond donors (Lipinski definition) is 2. The van der Waals surface area contributed by atoms with E-state index < -0.39 is 11.2 Å². The molecule has 2 aromatic carbocycles. The number of aromatic amines is 1. The fourth-order valence-electron chi connectivity index (χ4n) is 3.00. The van der Waals surface area contributed by atoms with Crippen molar-refractivity contribution in [1.29, 1.82) is 0 Å². The van der Waals surface area contributed by atoms with Gasteiger partial charge in [0.2, 0.25) is 0 Å². The van der Waals surface area contributed by atoms with Gasteiger partial charge in [-0.05, 0) is 29.3 Å². The van der Waals surface area contributed by atoms with Crippen LogP contribution in [-0.2, 0) is 0 Å². The highest BCUT2D eigenvalue weighted by Crippen LogP contribution is 2.22. The number of anilines is 1. The Morgan fingerprint density at radius 1 is 1.04 bits per heavy atom. The molecule has 0 aliphatic carbocycles. The highest BCUT2D eigenvalue weighted by molar-refractivity contribution is 5.83. The Kier molecular flexibility index (Phi) is 3.93. The number of aromatic nitrogens is 2. The Morgan fingerprint density at radius 2 is 1.85 bits per heavy atom. The monoisotopic (exact) mass is 347 g/mol. The van der Waals surface area contributed by atoms with Crippen LogP contribution in [0.5, 0.6) is 0 Å². The number of fused-ring (bicyclic) bond motifs is 1. The Labute approximate surface area is 148 Å². The number of hydrogen-bond acceptors (Lipinski definition) is 4. The summed E-state index contributed by atoms with van der Waals surface area (Å²) in [5.41, 5.74) is 0.504. The number of nitrogens with one attached hydrogen (secondary N) is 2. The van der Waals surface area contributed by atoms with Crippen molar-refractivity contribution < 1.29 is 4.42 Å². The first-order chi connectivity index (χ1) is 12.6. The average Bonchev–Trinajstić information content (AvgIpc) is 3.15. The molecule has 0 unspecified atom stereocenters. The van der Waals surface area contributed by atoms with Gasteiger partial charge in [0, 0.05) is 18.2 Å². The number of furan rings is 1. The lowest BCUT2D eigenvalue weighted by atomic mass is 10.0. The number of nitrogens with zero attached hydrogens (tertiary/aromatic N) is 1. The van der Waals surface area contributed by atoms with Crippen LogP contribution in [0.15, 0.2) is 81.1 Å². The van der Waals surface area contributed by atoms with E-state index in [1.54, 1.807) is 6.07 Å². The third kappa shape index (κ3) is 2.93. The van der Waals surface area contributed by atoms with Gasteiger partial charge in [-0.25, -0.2) is 9.36 Å². The van der Waals surface area contributed by atoms with Crippen LogP contribution in [0.25, 0.3) is 16.5 Å². The van der Waals surface area contributed by atoms with Crippen LogP contribution in [-0.4, -0.2) is 9.55 Å². The van der Waals surface area contributed by atoms with Crippen molar-refractivity contribution in [2.24, 2.45) is 0 Å². The lowest BCUT2D eigenvalue weighted by Crippen LogP contribution is -2.33. The largest absolute Gasteiger partial charge is 0.470 e. The van der Waals surface area contributed by atoms with Gasteiger partial charge in [0.25, 0.3) is 5.56 Å². The standard InChI is InChI=1S/C20H17N3O3/c1-13(15-7-6-14-4-2-3-5-16(14)10-15)21-18-11-19(24)23(20(25)22-18)17-8-9-26-12-17/h2-13,21H,1H3,(H,22,25)/t13-/m0/s1. The summed E-state index contributed by atoms with van der Waals surface area (Å²) in [5, 5.41) is 5.49. The smallest absolute Gasteiger partial charge is 0.334 e. The van der Waals surface area contributed by atoms with Crippen molar-refractivity contribution in [2.75, 3.05) is 5.32 Å². The fourth-order valence-corrected chi connectivity index (χ4v) is 3.00. The lowest BCUT2D eigenvalue weighted by Gasteiger charge is -2.16. The Hall–Kier alpha value is -3.54. The molecule has 0 saturated heterocycles. The summed E-state index contributed by atoms with van der Waals surface area (Å²) in [4.78, 5) is 27.3. The molecule has 2 aromatic heterocycles. The summed E-state index contributed by atoms with van der Waals surface area (Å²) in [5.74, 6) is 0.375. The van der Waals surface area contributed by atoms with Crippen molar-refractivity contribution in [1.82, 2.24) is 9.55 Å². The minimum Gasteiger partial charge on any atom is -0.470 e. The fraction of sp³-hybridized carbons (Fsp3) is 0.100. The lowest BCUT2D eigenvalue weighted by molar-refractivity contribution is 0.564.